The number of amides is 1. The number of hydrogen-bond acceptors (Lipinski definition) is 6. The van der Waals surface area contributed by atoms with Gasteiger partial charge in [0.25, 0.3) is 0 Å². The highest BCUT2D eigenvalue weighted by Crippen LogP contribution is 2.27. The quantitative estimate of drug-likeness (QED) is 0.735. The first-order valence-electron chi connectivity index (χ1n) is 8.79. The molecule has 2 aliphatic heterocycles. The molecule has 0 aromatic carbocycles. The molecule has 1 aromatic heterocycles. The molecular formula is C16H27N5O2S. The summed E-state index contributed by atoms with van der Waals surface area (Å²) in [5, 5.41) is 9.70. The van der Waals surface area contributed by atoms with Crippen LogP contribution in [-0.2, 0) is 16.6 Å². The molecule has 7 nitrogen and oxygen atoms in total. The number of ether oxygens (including phenoxy) is 1. The number of likely N-dealkylation sites (tertiary alicyclic amines) is 1. The van der Waals surface area contributed by atoms with E-state index in [1.807, 2.05) is 11.9 Å². The van der Waals surface area contributed by atoms with E-state index in [1.54, 1.807) is 11.8 Å². The number of thioether (sulfide) groups is 1. The molecule has 1 atom stereocenters. The van der Waals surface area contributed by atoms with Gasteiger partial charge in [0, 0.05) is 32.6 Å². The highest BCUT2D eigenvalue weighted by atomic mass is 32.2. The Morgan fingerprint density at radius 3 is 2.83 bits per heavy atom. The largest absolute Gasteiger partial charge is 0.378 e. The molecule has 3 heterocycles. The zero-order valence-corrected chi connectivity index (χ0v) is 15.4. The fourth-order valence-corrected chi connectivity index (χ4v) is 4.09. The lowest BCUT2D eigenvalue weighted by Crippen LogP contribution is -2.47. The minimum Gasteiger partial charge on any atom is -0.378 e. The second-order valence-corrected chi connectivity index (χ2v) is 7.63. The van der Waals surface area contributed by atoms with E-state index in [9.17, 15) is 4.79 Å². The Labute approximate surface area is 147 Å². The minimum atomic E-state index is 0.221. The molecule has 0 saturated carbocycles. The number of piperidine rings is 1. The maximum atomic E-state index is 12.5. The molecule has 2 saturated heterocycles. The number of morpholine rings is 1. The van der Waals surface area contributed by atoms with E-state index in [0.29, 0.717) is 25.7 Å². The Hall–Kier alpha value is -1.12. The fourth-order valence-electron chi connectivity index (χ4n) is 3.45. The number of nitrogens with zero attached hydrogens (tertiary/aromatic N) is 5. The molecule has 0 N–H and O–H groups in total. The Morgan fingerprint density at radius 1 is 1.29 bits per heavy atom. The van der Waals surface area contributed by atoms with E-state index < -0.39 is 0 Å². The summed E-state index contributed by atoms with van der Waals surface area (Å²) in [5.41, 5.74) is 0. The first-order chi connectivity index (χ1) is 11.7. The minimum absolute atomic E-state index is 0.221. The van der Waals surface area contributed by atoms with Crippen molar-refractivity contribution in [2.45, 2.75) is 30.8 Å². The van der Waals surface area contributed by atoms with Crippen LogP contribution in [0.3, 0.4) is 0 Å². The highest BCUT2D eigenvalue weighted by molar-refractivity contribution is 7.99. The van der Waals surface area contributed by atoms with Gasteiger partial charge in [-0.3, -0.25) is 9.69 Å². The van der Waals surface area contributed by atoms with Crippen LogP contribution in [0.5, 0.6) is 0 Å². The monoisotopic (exact) mass is 353 g/mol. The molecule has 0 bridgehead atoms. The smallest absolute Gasteiger partial charge is 0.236 e. The lowest BCUT2D eigenvalue weighted by molar-refractivity contribution is -0.136. The van der Waals surface area contributed by atoms with Gasteiger partial charge in [-0.05, 0) is 25.1 Å². The predicted octanol–water partition coefficient (Wildman–Crippen LogP) is 0.965. The molecule has 134 valence electrons. The summed E-state index contributed by atoms with van der Waals surface area (Å²) in [4.78, 5) is 16.7. The van der Waals surface area contributed by atoms with E-state index in [-0.39, 0.29) is 5.91 Å². The molecule has 8 heteroatoms. The van der Waals surface area contributed by atoms with E-state index in [1.165, 1.54) is 0 Å². The maximum absolute atomic E-state index is 12.5. The summed E-state index contributed by atoms with van der Waals surface area (Å²) in [5.74, 6) is 2.63. The normalized spacial score (nSPS) is 22.8. The third-order valence-electron chi connectivity index (χ3n) is 4.74. The van der Waals surface area contributed by atoms with Gasteiger partial charge < -0.3 is 14.2 Å². The summed E-state index contributed by atoms with van der Waals surface area (Å²) in [7, 11) is 2.05. The number of hydrogen-bond donors (Lipinski definition) is 0. The SMILES string of the molecule is CCSc1nnc([C@H]2CCCN(CC(=O)N3CCOCC3)C2)n1C. The number of aromatic nitrogens is 3. The van der Waals surface area contributed by atoms with Gasteiger partial charge in [-0.1, -0.05) is 18.7 Å². The van der Waals surface area contributed by atoms with Crippen molar-refractivity contribution in [2.24, 2.45) is 7.05 Å². The fraction of sp³-hybridized carbons (Fsp3) is 0.812. The molecule has 3 rings (SSSR count). The Balaban J connectivity index is 1.59. The molecule has 2 aliphatic rings. The maximum Gasteiger partial charge on any atom is 0.236 e. The second kappa shape index (κ2) is 8.31. The van der Waals surface area contributed by atoms with Crippen LogP contribution >= 0.6 is 11.8 Å². The molecule has 24 heavy (non-hydrogen) atoms. The van der Waals surface area contributed by atoms with Crippen LogP contribution in [0.25, 0.3) is 0 Å². The van der Waals surface area contributed by atoms with Crippen LogP contribution in [-0.4, -0.2) is 82.2 Å². The standard InChI is InChI=1S/C16H27N5O2S/c1-3-24-16-18-17-15(19(16)2)13-5-4-6-20(11-13)12-14(22)21-7-9-23-10-8-21/h13H,3-12H2,1-2H3/t13-/m0/s1. The van der Waals surface area contributed by atoms with Crippen molar-refractivity contribution in [3.63, 3.8) is 0 Å². The van der Waals surface area contributed by atoms with Crippen molar-refractivity contribution in [3.8, 4) is 0 Å². The van der Waals surface area contributed by atoms with Crippen molar-refractivity contribution in [2.75, 3.05) is 51.7 Å². The molecular weight excluding hydrogens is 326 g/mol. The molecule has 2 fully saturated rings. The summed E-state index contributed by atoms with van der Waals surface area (Å²) in [6.45, 7) is 7.26. The third-order valence-corrected chi connectivity index (χ3v) is 5.64. The van der Waals surface area contributed by atoms with E-state index in [0.717, 1.165) is 55.8 Å². The first kappa shape index (κ1) is 17.7. The van der Waals surface area contributed by atoms with Crippen LogP contribution in [0, 0.1) is 0 Å². The molecule has 1 aromatic rings. The van der Waals surface area contributed by atoms with E-state index in [2.05, 4.69) is 26.6 Å². The van der Waals surface area contributed by atoms with Crippen LogP contribution in [0.2, 0.25) is 0 Å². The van der Waals surface area contributed by atoms with E-state index in [4.69, 9.17) is 4.74 Å². The van der Waals surface area contributed by atoms with Crippen molar-refractivity contribution in [1.29, 1.82) is 0 Å². The van der Waals surface area contributed by atoms with Gasteiger partial charge in [-0.2, -0.15) is 0 Å². The number of carbonyl (C=O) groups is 1. The molecule has 0 unspecified atom stereocenters. The summed E-state index contributed by atoms with van der Waals surface area (Å²) in [6, 6.07) is 0. The van der Waals surface area contributed by atoms with Crippen molar-refractivity contribution in [3.05, 3.63) is 5.82 Å². The van der Waals surface area contributed by atoms with Crippen molar-refractivity contribution >= 4 is 17.7 Å². The lowest BCUT2D eigenvalue weighted by atomic mass is 9.97. The summed E-state index contributed by atoms with van der Waals surface area (Å²) < 4.78 is 7.44. The van der Waals surface area contributed by atoms with Gasteiger partial charge in [-0.15, -0.1) is 10.2 Å². The average Bonchev–Trinajstić information content (AvgIpc) is 2.97. The van der Waals surface area contributed by atoms with Gasteiger partial charge in [0.2, 0.25) is 5.91 Å². The molecule has 1 amide bonds. The Kier molecular flexibility index (Phi) is 6.13. The average molecular weight is 353 g/mol. The van der Waals surface area contributed by atoms with Crippen LogP contribution in [0.15, 0.2) is 5.16 Å². The highest BCUT2D eigenvalue weighted by Gasteiger charge is 2.28. The number of rotatable bonds is 5. The summed E-state index contributed by atoms with van der Waals surface area (Å²) >= 11 is 1.72. The Bertz CT molecular complexity index is 559. The van der Waals surface area contributed by atoms with Crippen molar-refractivity contribution < 1.29 is 9.53 Å². The van der Waals surface area contributed by atoms with Crippen LogP contribution in [0.4, 0.5) is 0 Å². The van der Waals surface area contributed by atoms with Gasteiger partial charge in [0.05, 0.1) is 19.8 Å². The number of carbonyl (C=O) groups excluding carboxylic acids is 1. The van der Waals surface area contributed by atoms with Crippen LogP contribution < -0.4 is 0 Å². The molecule has 0 radical (unpaired) electrons. The topological polar surface area (TPSA) is 63.5 Å². The Morgan fingerprint density at radius 2 is 2.08 bits per heavy atom. The van der Waals surface area contributed by atoms with Gasteiger partial charge in [-0.25, -0.2) is 0 Å². The van der Waals surface area contributed by atoms with Gasteiger partial charge in [0.1, 0.15) is 5.82 Å². The third kappa shape index (κ3) is 4.10. The molecule has 0 aliphatic carbocycles. The second-order valence-electron chi connectivity index (χ2n) is 6.40. The zero-order valence-electron chi connectivity index (χ0n) is 14.6. The van der Waals surface area contributed by atoms with Crippen LogP contribution in [0.1, 0.15) is 31.5 Å². The van der Waals surface area contributed by atoms with Gasteiger partial charge >= 0.3 is 0 Å². The predicted molar refractivity (Wildman–Crippen MR) is 93.2 cm³/mol. The lowest BCUT2D eigenvalue weighted by Gasteiger charge is -2.34. The first-order valence-corrected chi connectivity index (χ1v) is 9.77. The zero-order chi connectivity index (χ0) is 16.9. The molecule has 0 spiro atoms. The summed E-state index contributed by atoms with van der Waals surface area (Å²) in [6.07, 6.45) is 2.22. The van der Waals surface area contributed by atoms with Gasteiger partial charge in [0.15, 0.2) is 5.16 Å². The van der Waals surface area contributed by atoms with E-state index >= 15 is 0 Å². The van der Waals surface area contributed by atoms with Crippen molar-refractivity contribution in [1.82, 2.24) is 24.6 Å².